The number of carbonyl (C=O) groups excluding carboxylic acids is 1. The molecule has 0 aliphatic heterocycles. The molecule has 150 valence electrons. The number of nitro groups is 1. The third-order valence-corrected chi connectivity index (χ3v) is 4.77. The SMILES string of the molecule is O=C(Nc1ncn(Cc2ccc(Br)cc2)n1)c1ccc(-n2ccnc2)c([N+](=O)[O-])c1. The Hall–Kier alpha value is -3.86. The van der Waals surface area contributed by atoms with Crippen LogP contribution in [0, 0.1) is 10.1 Å². The zero-order valence-corrected chi connectivity index (χ0v) is 16.9. The lowest BCUT2D eigenvalue weighted by Crippen LogP contribution is -2.14. The second kappa shape index (κ2) is 8.25. The predicted molar refractivity (Wildman–Crippen MR) is 111 cm³/mol. The molecule has 0 radical (unpaired) electrons. The average Bonchev–Trinajstić information content (AvgIpc) is 3.41. The summed E-state index contributed by atoms with van der Waals surface area (Å²) < 4.78 is 4.07. The number of benzene rings is 2. The molecule has 0 aliphatic carbocycles. The molecule has 0 unspecified atom stereocenters. The van der Waals surface area contributed by atoms with Crippen LogP contribution in [0.5, 0.6) is 0 Å². The normalized spacial score (nSPS) is 10.7. The fraction of sp³-hybridized carbons (Fsp3) is 0.0526. The highest BCUT2D eigenvalue weighted by atomic mass is 79.9. The van der Waals surface area contributed by atoms with E-state index in [9.17, 15) is 14.9 Å². The Labute approximate surface area is 178 Å². The van der Waals surface area contributed by atoms with Crippen LogP contribution in [0.3, 0.4) is 0 Å². The van der Waals surface area contributed by atoms with Crippen molar-refractivity contribution in [2.45, 2.75) is 6.54 Å². The van der Waals surface area contributed by atoms with E-state index in [1.54, 1.807) is 10.9 Å². The Balaban J connectivity index is 1.50. The van der Waals surface area contributed by atoms with E-state index < -0.39 is 10.8 Å². The molecule has 10 nitrogen and oxygen atoms in total. The van der Waals surface area contributed by atoms with Gasteiger partial charge in [0.25, 0.3) is 11.6 Å². The molecule has 1 amide bonds. The lowest BCUT2D eigenvalue weighted by Gasteiger charge is -2.06. The van der Waals surface area contributed by atoms with Crippen molar-refractivity contribution >= 4 is 33.5 Å². The smallest absolute Gasteiger partial charge is 0.294 e. The summed E-state index contributed by atoms with van der Waals surface area (Å²) in [6.45, 7) is 0.487. The number of anilines is 1. The van der Waals surface area contributed by atoms with Gasteiger partial charge in [0.1, 0.15) is 12.0 Å². The number of amides is 1. The summed E-state index contributed by atoms with van der Waals surface area (Å²) in [4.78, 5) is 31.4. The maximum atomic E-state index is 12.5. The third kappa shape index (κ3) is 4.25. The van der Waals surface area contributed by atoms with Crippen LogP contribution < -0.4 is 5.32 Å². The molecule has 0 fully saturated rings. The molecule has 0 bridgehead atoms. The van der Waals surface area contributed by atoms with Gasteiger partial charge in [0.05, 0.1) is 17.8 Å². The summed E-state index contributed by atoms with van der Waals surface area (Å²) >= 11 is 3.39. The van der Waals surface area contributed by atoms with Crippen molar-refractivity contribution in [3.05, 3.63) is 93.2 Å². The second-order valence-electron chi connectivity index (χ2n) is 6.28. The van der Waals surface area contributed by atoms with Crippen LogP contribution in [0.1, 0.15) is 15.9 Å². The number of rotatable bonds is 6. The van der Waals surface area contributed by atoms with E-state index in [1.165, 1.54) is 41.6 Å². The van der Waals surface area contributed by atoms with Crippen LogP contribution >= 0.6 is 15.9 Å². The number of halogens is 1. The summed E-state index contributed by atoms with van der Waals surface area (Å²) in [5.41, 5.74) is 1.24. The first-order valence-electron chi connectivity index (χ1n) is 8.71. The van der Waals surface area contributed by atoms with E-state index >= 15 is 0 Å². The number of hydrogen-bond donors (Lipinski definition) is 1. The lowest BCUT2D eigenvalue weighted by atomic mass is 10.1. The van der Waals surface area contributed by atoms with E-state index in [0.717, 1.165) is 10.0 Å². The number of hydrogen-bond acceptors (Lipinski definition) is 6. The van der Waals surface area contributed by atoms with Gasteiger partial charge in [0, 0.05) is 28.5 Å². The number of carbonyl (C=O) groups is 1. The van der Waals surface area contributed by atoms with Crippen molar-refractivity contribution in [2.75, 3.05) is 5.32 Å². The van der Waals surface area contributed by atoms with Crippen molar-refractivity contribution < 1.29 is 9.72 Å². The Morgan fingerprint density at radius 3 is 2.67 bits per heavy atom. The minimum Gasteiger partial charge on any atom is -0.300 e. The number of aromatic nitrogens is 5. The van der Waals surface area contributed by atoms with Gasteiger partial charge in [-0.25, -0.2) is 14.6 Å². The summed E-state index contributed by atoms with van der Waals surface area (Å²) in [6, 6.07) is 12.0. The molecule has 30 heavy (non-hydrogen) atoms. The molecule has 4 aromatic rings. The Morgan fingerprint density at radius 1 is 1.17 bits per heavy atom. The fourth-order valence-electron chi connectivity index (χ4n) is 2.81. The minimum absolute atomic E-state index is 0.110. The van der Waals surface area contributed by atoms with Crippen LogP contribution in [0.4, 0.5) is 11.6 Å². The molecule has 2 aromatic heterocycles. The van der Waals surface area contributed by atoms with Crippen LogP contribution in [0.2, 0.25) is 0 Å². The number of nitrogens with one attached hydrogen (secondary N) is 1. The van der Waals surface area contributed by atoms with E-state index in [4.69, 9.17) is 0 Å². The van der Waals surface area contributed by atoms with Crippen molar-refractivity contribution in [1.29, 1.82) is 0 Å². The van der Waals surface area contributed by atoms with Gasteiger partial charge in [-0.15, -0.1) is 5.10 Å². The van der Waals surface area contributed by atoms with Crippen molar-refractivity contribution in [1.82, 2.24) is 24.3 Å². The van der Waals surface area contributed by atoms with Gasteiger partial charge in [-0.05, 0) is 29.8 Å². The van der Waals surface area contributed by atoms with Crippen molar-refractivity contribution in [2.24, 2.45) is 0 Å². The number of imidazole rings is 1. The standard InChI is InChI=1S/C19H14BrN7O3/c20-15-4-1-13(2-5-15)10-26-12-22-19(24-26)23-18(28)14-3-6-16(17(9-14)27(29)30)25-8-7-21-11-25/h1-9,11-12H,10H2,(H,23,24,28). The van der Waals surface area contributed by atoms with Crippen molar-refractivity contribution in [3.8, 4) is 5.69 Å². The molecule has 11 heteroatoms. The van der Waals surface area contributed by atoms with Gasteiger partial charge >= 0.3 is 0 Å². The average molecular weight is 468 g/mol. The van der Waals surface area contributed by atoms with Gasteiger partial charge in [-0.2, -0.15) is 0 Å². The van der Waals surface area contributed by atoms with E-state index in [2.05, 4.69) is 36.3 Å². The molecule has 1 N–H and O–H groups in total. The summed E-state index contributed by atoms with van der Waals surface area (Å²) in [5.74, 6) is -0.435. The van der Waals surface area contributed by atoms with Crippen LogP contribution in [-0.4, -0.2) is 35.1 Å². The van der Waals surface area contributed by atoms with Gasteiger partial charge in [-0.1, -0.05) is 28.1 Å². The summed E-state index contributed by atoms with van der Waals surface area (Å²) in [6.07, 6.45) is 6.05. The Kier molecular flexibility index (Phi) is 5.35. The molecule has 2 heterocycles. The van der Waals surface area contributed by atoms with E-state index in [-0.39, 0.29) is 17.2 Å². The monoisotopic (exact) mass is 467 g/mol. The zero-order valence-electron chi connectivity index (χ0n) is 15.3. The summed E-state index contributed by atoms with van der Waals surface area (Å²) in [7, 11) is 0. The first kappa shape index (κ1) is 19.5. The molecule has 0 aliphatic rings. The molecule has 0 spiro atoms. The molecule has 0 saturated heterocycles. The largest absolute Gasteiger partial charge is 0.300 e. The fourth-order valence-corrected chi connectivity index (χ4v) is 3.07. The molecule has 4 rings (SSSR count). The minimum atomic E-state index is -0.545. The van der Waals surface area contributed by atoms with E-state index in [1.807, 2.05) is 24.3 Å². The Morgan fingerprint density at radius 2 is 1.97 bits per heavy atom. The van der Waals surface area contributed by atoms with Crippen molar-refractivity contribution in [3.63, 3.8) is 0 Å². The predicted octanol–water partition coefficient (Wildman–Crippen LogP) is 3.44. The molecular formula is C19H14BrN7O3. The maximum Gasteiger partial charge on any atom is 0.294 e. The molecular weight excluding hydrogens is 454 g/mol. The first-order chi connectivity index (χ1) is 14.5. The summed E-state index contributed by atoms with van der Waals surface area (Å²) in [5, 5.41) is 18.2. The van der Waals surface area contributed by atoms with E-state index in [0.29, 0.717) is 12.2 Å². The van der Waals surface area contributed by atoms with Gasteiger partial charge in [0.15, 0.2) is 0 Å². The Bertz CT molecular complexity index is 1200. The molecule has 2 aromatic carbocycles. The highest BCUT2D eigenvalue weighted by Gasteiger charge is 2.19. The second-order valence-corrected chi connectivity index (χ2v) is 7.19. The third-order valence-electron chi connectivity index (χ3n) is 4.24. The first-order valence-corrected chi connectivity index (χ1v) is 9.51. The molecule has 0 atom stereocenters. The van der Waals surface area contributed by atoms with Crippen LogP contribution in [0.25, 0.3) is 5.69 Å². The molecule has 0 saturated carbocycles. The highest BCUT2D eigenvalue weighted by Crippen LogP contribution is 2.24. The number of nitro benzene ring substituents is 1. The van der Waals surface area contributed by atoms with Crippen LogP contribution in [-0.2, 0) is 6.54 Å². The van der Waals surface area contributed by atoms with Gasteiger partial charge < -0.3 is 4.57 Å². The maximum absolute atomic E-state index is 12.5. The number of nitrogens with zero attached hydrogens (tertiary/aromatic N) is 6. The quantitative estimate of drug-likeness (QED) is 0.342. The van der Waals surface area contributed by atoms with Gasteiger partial charge in [0.2, 0.25) is 5.95 Å². The lowest BCUT2D eigenvalue weighted by molar-refractivity contribution is -0.384. The highest BCUT2D eigenvalue weighted by molar-refractivity contribution is 9.10. The van der Waals surface area contributed by atoms with Crippen LogP contribution in [0.15, 0.2) is 72.0 Å². The topological polar surface area (TPSA) is 121 Å². The van der Waals surface area contributed by atoms with Gasteiger partial charge in [-0.3, -0.25) is 20.2 Å². The zero-order chi connectivity index (χ0) is 21.1.